The van der Waals surface area contributed by atoms with Gasteiger partial charge in [-0.3, -0.25) is 6.08 Å². The fraction of sp³-hybridized carbons (Fsp3) is 0.118. The zero-order valence-corrected chi connectivity index (χ0v) is 17.8. The Balaban J connectivity index is 0.000000807. The first-order valence-corrected chi connectivity index (χ1v) is 8.04. The van der Waals surface area contributed by atoms with Gasteiger partial charge < -0.3 is 24.8 Å². The van der Waals surface area contributed by atoms with Crippen LogP contribution < -0.4 is 29.8 Å². The molecular weight excluding hydrogens is 499 g/mol. The maximum atomic E-state index is 3.47. The summed E-state index contributed by atoms with van der Waals surface area (Å²) in [7, 11) is -0.295. The predicted octanol–water partition coefficient (Wildman–Crippen LogP) is -1.83. The number of allylic oxidation sites excluding steroid dienone is 5. The zero-order chi connectivity index (χ0) is 12.7. The Morgan fingerprint density at radius 3 is 2.68 bits per heavy atom. The van der Waals surface area contributed by atoms with Crippen molar-refractivity contribution in [1.29, 1.82) is 0 Å². The minimum Gasteiger partial charge on any atom is -1.00 e. The van der Waals surface area contributed by atoms with Crippen LogP contribution in [0.3, 0.4) is 0 Å². The number of nitrogens with one attached hydrogen (secondary N) is 1. The van der Waals surface area contributed by atoms with Gasteiger partial charge in [-0.15, -0.1) is 6.42 Å². The fourth-order valence-corrected chi connectivity index (χ4v) is 4.58. The number of aromatic amines is 1. The monoisotopic (exact) mass is 513 g/mol. The van der Waals surface area contributed by atoms with E-state index in [4.69, 9.17) is 0 Å². The van der Waals surface area contributed by atoms with Crippen LogP contribution in [0.5, 0.6) is 0 Å². The largest absolute Gasteiger partial charge is 1.00 e. The second-order valence-electron chi connectivity index (χ2n) is 4.87. The normalized spacial score (nSPS) is 18.4. The Morgan fingerprint density at radius 1 is 1.18 bits per heavy atom. The average molecular weight is 513 g/mol. The van der Waals surface area contributed by atoms with E-state index in [0.717, 1.165) is 6.42 Å². The first-order valence-electron chi connectivity index (χ1n) is 6.56. The fourth-order valence-electron chi connectivity index (χ4n) is 2.90. The minimum absolute atomic E-state index is 0. The first-order chi connectivity index (χ1) is 9.43. The summed E-state index contributed by atoms with van der Waals surface area (Å²) in [6.45, 7) is 0. The molecule has 4 rings (SSSR count). The van der Waals surface area contributed by atoms with E-state index in [1.807, 2.05) is 6.20 Å². The Bertz CT molecular complexity index is 720. The summed E-state index contributed by atoms with van der Waals surface area (Å²) in [6, 6.07) is 8.79. The molecule has 0 saturated heterocycles. The van der Waals surface area contributed by atoms with E-state index in [0.29, 0.717) is 5.92 Å². The van der Waals surface area contributed by atoms with Crippen LogP contribution in [0.25, 0.3) is 5.31 Å². The number of fused-ring (bicyclic) bond motifs is 1. The SMILES string of the molecule is [C-]1=C(C2C=C(p3cc[nH+]c3)c3ccccc32)C=CC1.[Cl-].[Cl-].[Hf]. The first kappa shape index (κ1) is 19.6. The van der Waals surface area contributed by atoms with Gasteiger partial charge in [0, 0.05) is 37.0 Å². The van der Waals surface area contributed by atoms with Crippen molar-refractivity contribution in [3.8, 4) is 0 Å². The predicted molar refractivity (Wildman–Crippen MR) is 78.8 cm³/mol. The molecule has 1 aromatic carbocycles. The van der Waals surface area contributed by atoms with E-state index in [2.05, 4.69) is 65.3 Å². The number of hydrogen-bond acceptors (Lipinski definition) is 0. The van der Waals surface area contributed by atoms with Gasteiger partial charge in [0.1, 0.15) is 0 Å². The van der Waals surface area contributed by atoms with Crippen molar-refractivity contribution in [3.63, 3.8) is 0 Å². The quantitative estimate of drug-likeness (QED) is 0.332. The van der Waals surface area contributed by atoms with Gasteiger partial charge in [-0.25, -0.2) is 16.6 Å². The molecule has 0 aliphatic heterocycles. The van der Waals surface area contributed by atoms with E-state index in [9.17, 15) is 0 Å². The molecule has 0 amide bonds. The summed E-state index contributed by atoms with van der Waals surface area (Å²) in [5, 5.41) is 1.48. The second-order valence-corrected chi connectivity index (χ2v) is 6.73. The van der Waals surface area contributed by atoms with Crippen molar-refractivity contribution in [3.05, 3.63) is 83.2 Å². The third kappa shape index (κ3) is 3.41. The summed E-state index contributed by atoms with van der Waals surface area (Å²) in [6.07, 6.45) is 13.3. The third-order valence-corrected chi connectivity index (χ3v) is 5.62. The van der Waals surface area contributed by atoms with Crippen LogP contribution in [0.4, 0.5) is 0 Å². The molecule has 5 heteroatoms. The minimum atomic E-state index is -0.295. The van der Waals surface area contributed by atoms with E-state index in [1.165, 1.54) is 22.0 Å². The Labute approximate surface area is 163 Å². The standard InChI is InChI=1S/C17H13NP.2ClH.Hf/c1-2-6-13(5-1)16-11-17(19-10-9-18-12-19)15-8-4-3-7-14(15)16;;;/h1,3-5,7-12,16H,2H2;2*1H;/q-1;;;/p-1. The van der Waals surface area contributed by atoms with Crippen LogP contribution in [0.15, 0.2) is 66.0 Å². The Morgan fingerprint density at radius 2 is 2.00 bits per heavy atom. The second kappa shape index (κ2) is 8.45. The van der Waals surface area contributed by atoms with Crippen LogP contribution in [0, 0.1) is 6.08 Å². The molecule has 2 aromatic rings. The molecule has 2 aliphatic carbocycles. The van der Waals surface area contributed by atoms with E-state index in [1.54, 1.807) is 0 Å². The Kier molecular flexibility index (Phi) is 7.55. The van der Waals surface area contributed by atoms with Crippen molar-refractivity contribution in [2.45, 2.75) is 12.3 Å². The van der Waals surface area contributed by atoms with Crippen molar-refractivity contribution < 1.29 is 55.6 Å². The molecular formula is C17H14Cl2HfNP-2. The zero-order valence-electron chi connectivity index (χ0n) is 11.8. The molecule has 0 bridgehead atoms. The van der Waals surface area contributed by atoms with Gasteiger partial charge in [0.15, 0.2) is 12.1 Å². The summed E-state index contributed by atoms with van der Waals surface area (Å²) in [4.78, 5) is 3.21. The summed E-state index contributed by atoms with van der Waals surface area (Å²) in [5.74, 6) is 4.89. The summed E-state index contributed by atoms with van der Waals surface area (Å²) in [5.41, 5.74) is 4.18. The van der Waals surface area contributed by atoms with Crippen LogP contribution in [-0.2, 0) is 25.8 Å². The van der Waals surface area contributed by atoms with Gasteiger partial charge >= 0.3 is 0 Å². The number of hydrogen-bond donors (Lipinski definition) is 0. The third-order valence-electron chi connectivity index (χ3n) is 3.78. The van der Waals surface area contributed by atoms with Gasteiger partial charge in [0.25, 0.3) is 0 Å². The average Bonchev–Trinajstić information content (AvgIpc) is 3.18. The molecule has 1 N–H and O–H groups in total. The molecule has 0 spiro atoms. The summed E-state index contributed by atoms with van der Waals surface area (Å²) < 4.78 is 0. The molecule has 1 heterocycles. The van der Waals surface area contributed by atoms with E-state index in [-0.39, 0.29) is 58.2 Å². The maximum Gasteiger partial charge on any atom is 0.188 e. The van der Waals surface area contributed by atoms with Crippen molar-refractivity contribution >= 4 is 12.8 Å². The molecule has 1 aromatic heterocycles. The van der Waals surface area contributed by atoms with Gasteiger partial charge in [-0.1, -0.05) is 30.3 Å². The van der Waals surface area contributed by atoms with E-state index >= 15 is 0 Å². The summed E-state index contributed by atoms with van der Waals surface area (Å²) >= 11 is 0. The van der Waals surface area contributed by atoms with Crippen molar-refractivity contribution in [2.24, 2.45) is 0 Å². The van der Waals surface area contributed by atoms with Crippen LogP contribution in [0.1, 0.15) is 23.5 Å². The molecule has 0 fully saturated rings. The van der Waals surface area contributed by atoms with Crippen LogP contribution >= 0.6 is 7.53 Å². The molecule has 112 valence electrons. The molecule has 22 heavy (non-hydrogen) atoms. The maximum absolute atomic E-state index is 3.47. The van der Waals surface area contributed by atoms with Crippen molar-refractivity contribution in [1.82, 2.24) is 0 Å². The van der Waals surface area contributed by atoms with E-state index < -0.39 is 0 Å². The number of rotatable bonds is 2. The molecule has 2 unspecified atom stereocenters. The number of benzene rings is 1. The topological polar surface area (TPSA) is 14.1 Å². The number of aromatic nitrogens is 1. The van der Waals surface area contributed by atoms with Gasteiger partial charge in [0.05, 0.1) is 0 Å². The van der Waals surface area contributed by atoms with Gasteiger partial charge in [-0.05, 0) is 24.6 Å². The molecule has 1 nitrogen and oxygen atoms in total. The molecule has 0 radical (unpaired) electrons. The smallest absolute Gasteiger partial charge is 0.188 e. The number of H-pyrrole nitrogens is 1. The molecule has 2 aliphatic rings. The van der Waals surface area contributed by atoms with Crippen LogP contribution in [-0.4, -0.2) is 0 Å². The Hall–Kier alpha value is -0.400. The van der Waals surface area contributed by atoms with Gasteiger partial charge in [0.2, 0.25) is 0 Å². The molecule has 0 saturated carbocycles. The van der Waals surface area contributed by atoms with Crippen LogP contribution in [0.2, 0.25) is 0 Å². The number of halogens is 2. The van der Waals surface area contributed by atoms with Crippen molar-refractivity contribution in [2.75, 3.05) is 0 Å². The molecule has 2 atom stereocenters. The van der Waals surface area contributed by atoms with Gasteiger partial charge in [-0.2, -0.15) is 6.08 Å².